The average Bonchev–Trinajstić information content (AvgIpc) is 3.50. The maximum absolute atomic E-state index is 11.4. The minimum atomic E-state index is 0.134. The fraction of sp³-hybridized carbons (Fsp3) is 0.333. The molecule has 0 saturated heterocycles. The first-order valence-electron chi connectivity index (χ1n) is 8.86. The van der Waals surface area contributed by atoms with Crippen LogP contribution in [0.4, 0.5) is 11.4 Å². The third-order valence-electron chi connectivity index (χ3n) is 3.67. The van der Waals surface area contributed by atoms with Crippen molar-refractivity contribution in [3.05, 3.63) is 54.1 Å². The highest BCUT2D eigenvalue weighted by atomic mass is 16.5. The van der Waals surface area contributed by atoms with Gasteiger partial charge in [0.25, 0.3) is 0 Å². The standard InChI is InChI=1S/C11H13NO2.C8H10N2.C2H6/c1-14-10-6-4-9(5-7-10)12-11(13)8-2-3-8;1-6(9)7-4-2-3-5-8(7)10;1-2/h4-8H,2-3H2,1H3,(H,12,13);2-5,9H,10H2,1H3;1-2H3. The Morgan fingerprint density at radius 3 is 2.12 bits per heavy atom. The summed E-state index contributed by atoms with van der Waals surface area (Å²) >= 11 is 0. The molecule has 2 aromatic rings. The van der Waals surface area contributed by atoms with Crippen molar-refractivity contribution in [1.29, 1.82) is 5.41 Å². The monoisotopic (exact) mass is 355 g/mol. The summed E-state index contributed by atoms with van der Waals surface area (Å²) in [4.78, 5) is 11.4. The topological polar surface area (TPSA) is 88.2 Å². The second kappa shape index (κ2) is 10.9. The lowest BCUT2D eigenvalue weighted by molar-refractivity contribution is -0.117. The predicted octanol–water partition coefficient (Wildman–Crippen LogP) is 4.73. The highest BCUT2D eigenvalue weighted by Gasteiger charge is 2.29. The van der Waals surface area contributed by atoms with E-state index >= 15 is 0 Å². The second-order valence-corrected chi connectivity index (χ2v) is 5.70. The van der Waals surface area contributed by atoms with E-state index in [-0.39, 0.29) is 11.8 Å². The van der Waals surface area contributed by atoms with E-state index in [4.69, 9.17) is 15.9 Å². The van der Waals surface area contributed by atoms with Crippen LogP contribution in [-0.4, -0.2) is 18.7 Å². The van der Waals surface area contributed by atoms with Crippen molar-refractivity contribution in [2.24, 2.45) is 5.92 Å². The number of carbonyl (C=O) groups excluding carboxylic acids is 1. The molecule has 4 N–H and O–H groups in total. The van der Waals surface area contributed by atoms with Gasteiger partial charge >= 0.3 is 0 Å². The summed E-state index contributed by atoms with van der Waals surface area (Å²) in [6, 6.07) is 14.7. The quantitative estimate of drug-likeness (QED) is 0.547. The molecule has 140 valence electrons. The van der Waals surface area contributed by atoms with E-state index in [0.717, 1.165) is 29.8 Å². The summed E-state index contributed by atoms with van der Waals surface area (Å²) < 4.78 is 5.02. The summed E-state index contributed by atoms with van der Waals surface area (Å²) in [6.45, 7) is 5.73. The first kappa shape index (κ1) is 21.2. The Morgan fingerprint density at radius 2 is 1.69 bits per heavy atom. The lowest BCUT2D eigenvalue weighted by Gasteiger charge is -2.04. The SMILES string of the molecule is CC.CC(=N)c1ccccc1N.COc1ccc(NC(=O)C2CC2)cc1. The number of nitrogen functional groups attached to an aromatic ring is 1. The predicted molar refractivity (Wildman–Crippen MR) is 109 cm³/mol. The number of amides is 1. The molecule has 0 bridgehead atoms. The van der Waals surface area contributed by atoms with Gasteiger partial charge in [-0.25, -0.2) is 0 Å². The number of nitrogens with one attached hydrogen (secondary N) is 2. The van der Waals surface area contributed by atoms with Gasteiger partial charge in [0.05, 0.1) is 7.11 Å². The van der Waals surface area contributed by atoms with Gasteiger partial charge in [-0.2, -0.15) is 0 Å². The van der Waals surface area contributed by atoms with Gasteiger partial charge in [-0.3, -0.25) is 4.79 Å². The van der Waals surface area contributed by atoms with Crippen molar-refractivity contribution in [3.63, 3.8) is 0 Å². The number of ether oxygens (including phenoxy) is 1. The molecule has 1 fully saturated rings. The first-order chi connectivity index (χ1) is 12.5. The maximum Gasteiger partial charge on any atom is 0.227 e. The number of anilines is 2. The van der Waals surface area contributed by atoms with Crippen molar-refractivity contribution >= 4 is 23.0 Å². The Labute approximate surface area is 156 Å². The van der Waals surface area contributed by atoms with Crippen molar-refractivity contribution in [3.8, 4) is 5.75 Å². The summed E-state index contributed by atoms with van der Waals surface area (Å²) in [7, 11) is 1.62. The third-order valence-corrected chi connectivity index (χ3v) is 3.67. The first-order valence-corrected chi connectivity index (χ1v) is 8.86. The number of methoxy groups -OCH3 is 1. The Bertz CT molecular complexity index is 707. The van der Waals surface area contributed by atoms with Crippen molar-refractivity contribution in [2.75, 3.05) is 18.2 Å². The second-order valence-electron chi connectivity index (χ2n) is 5.70. The van der Waals surface area contributed by atoms with Crippen LogP contribution in [0.5, 0.6) is 5.75 Å². The van der Waals surface area contributed by atoms with Gasteiger partial charge < -0.3 is 21.2 Å². The fourth-order valence-corrected chi connectivity index (χ4v) is 2.10. The van der Waals surface area contributed by atoms with Crippen LogP contribution in [0.15, 0.2) is 48.5 Å². The molecule has 5 heteroatoms. The van der Waals surface area contributed by atoms with Crippen molar-refractivity contribution < 1.29 is 9.53 Å². The van der Waals surface area contributed by atoms with Gasteiger partial charge in [0.2, 0.25) is 5.91 Å². The number of para-hydroxylation sites is 1. The zero-order valence-corrected chi connectivity index (χ0v) is 16.0. The Kier molecular flexibility index (Phi) is 8.92. The lowest BCUT2D eigenvalue weighted by atomic mass is 10.1. The Balaban J connectivity index is 0.000000249. The van der Waals surface area contributed by atoms with E-state index < -0.39 is 0 Å². The molecular weight excluding hydrogens is 326 g/mol. The molecule has 0 heterocycles. The van der Waals surface area contributed by atoms with E-state index in [1.807, 2.05) is 56.3 Å². The maximum atomic E-state index is 11.4. The van der Waals surface area contributed by atoms with Gasteiger partial charge in [0, 0.05) is 28.6 Å². The normalized spacial score (nSPS) is 11.8. The molecule has 0 atom stereocenters. The van der Waals surface area contributed by atoms with Crippen LogP contribution >= 0.6 is 0 Å². The van der Waals surface area contributed by atoms with Gasteiger partial charge in [0.1, 0.15) is 5.75 Å². The molecule has 1 amide bonds. The number of nitrogens with two attached hydrogens (primary N) is 1. The van der Waals surface area contributed by atoms with Crippen LogP contribution in [0.3, 0.4) is 0 Å². The molecule has 1 saturated carbocycles. The molecule has 0 spiro atoms. The number of hydrogen-bond donors (Lipinski definition) is 3. The van der Waals surface area contributed by atoms with Gasteiger partial charge in [-0.15, -0.1) is 0 Å². The van der Waals surface area contributed by atoms with E-state index in [2.05, 4.69) is 5.32 Å². The van der Waals surface area contributed by atoms with Crippen LogP contribution in [0, 0.1) is 11.3 Å². The molecule has 0 unspecified atom stereocenters. The number of benzene rings is 2. The Morgan fingerprint density at radius 1 is 1.12 bits per heavy atom. The smallest absolute Gasteiger partial charge is 0.227 e. The molecular formula is C21H29N3O2. The van der Waals surface area contributed by atoms with Crippen molar-refractivity contribution in [1.82, 2.24) is 0 Å². The van der Waals surface area contributed by atoms with Gasteiger partial charge in [-0.1, -0.05) is 32.0 Å². The summed E-state index contributed by atoms with van der Waals surface area (Å²) in [5.41, 5.74) is 8.43. The molecule has 1 aliphatic carbocycles. The zero-order chi connectivity index (χ0) is 19.5. The van der Waals surface area contributed by atoms with Crippen molar-refractivity contribution in [2.45, 2.75) is 33.6 Å². The Hall–Kier alpha value is -2.82. The van der Waals surface area contributed by atoms with E-state index in [1.54, 1.807) is 20.1 Å². The van der Waals surface area contributed by atoms with E-state index in [9.17, 15) is 4.79 Å². The molecule has 0 radical (unpaired) electrons. The molecule has 3 rings (SSSR count). The van der Waals surface area contributed by atoms with Crippen LogP contribution < -0.4 is 15.8 Å². The van der Waals surface area contributed by atoms with Gasteiger partial charge in [-0.05, 0) is 50.1 Å². The average molecular weight is 355 g/mol. The molecule has 0 aromatic heterocycles. The summed E-state index contributed by atoms with van der Waals surface area (Å²) in [5, 5.41) is 10.2. The van der Waals surface area contributed by atoms with Crippen LogP contribution in [0.1, 0.15) is 39.2 Å². The fourth-order valence-electron chi connectivity index (χ4n) is 2.10. The number of rotatable bonds is 4. The summed E-state index contributed by atoms with van der Waals surface area (Å²) in [6.07, 6.45) is 2.06. The molecule has 2 aromatic carbocycles. The highest BCUT2D eigenvalue weighted by Crippen LogP contribution is 2.30. The van der Waals surface area contributed by atoms with E-state index in [0.29, 0.717) is 11.4 Å². The van der Waals surface area contributed by atoms with Crippen LogP contribution in [0.25, 0.3) is 0 Å². The minimum Gasteiger partial charge on any atom is -0.497 e. The van der Waals surface area contributed by atoms with Gasteiger partial charge in [0.15, 0.2) is 0 Å². The minimum absolute atomic E-state index is 0.134. The molecule has 0 aliphatic heterocycles. The lowest BCUT2D eigenvalue weighted by Crippen LogP contribution is -2.12. The van der Waals surface area contributed by atoms with E-state index in [1.165, 1.54) is 0 Å². The summed E-state index contributed by atoms with van der Waals surface area (Å²) in [5.74, 6) is 1.18. The largest absolute Gasteiger partial charge is 0.497 e. The number of hydrogen-bond acceptors (Lipinski definition) is 4. The third kappa shape index (κ3) is 6.97. The van der Waals surface area contributed by atoms with Crippen LogP contribution in [-0.2, 0) is 4.79 Å². The molecule has 5 nitrogen and oxygen atoms in total. The highest BCUT2D eigenvalue weighted by molar-refractivity contribution is 6.00. The zero-order valence-electron chi connectivity index (χ0n) is 16.0. The number of carbonyl (C=O) groups is 1. The molecule has 1 aliphatic rings. The molecule has 26 heavy (non-hydrogen) atoms. The van der Waals surface area contributed by atoms with Crippen LogP contribution in [0.2, 0.25) is 0 Å².